The molecular formula is C17H17BO3. The molecule has 1 unspecified atom stereocenters. The second kappa shape index (κ2) is 5.76. The summed E-state index contributed by atoms with van der Waals surface area (Å²) in [5, 5.41) is 19.3. The van der Waals surface area contributed by atoms with Gasteiger partial charge in [0.25, 0.3) is 0 Å². The fraction of sp³-hybridized carbons (Fsp3) is 0.176. The normalized spacial score (nSPS) is 12.5. The van der Waals surface area contributed by atoms with E-state index in [1.54, 1.807) is 6.07 Å². The molecule has 0 saturated heterocycles. The van der Waals surface area contributed by atoms with Crippen LogP contribution in [0.5, 0.6) is 0 Å². The van der Waals surface area contributed by atoms with Crippen LogP contribution in [0.4, 0.5) is 0 Å². The van der Waals surface area contributed by atoms with Crippen molar-refractivity contribution in [1.82, 2.24) is 0 Å². The predicted molar refractivity (Wildman–Crippen MR) is 84.6 cm³/mol. The van der Waals surface area contributed by atoms with Crippen molar-refractivity contribution in [1.29, 1.82) is 0 Å². The van der Waals surface area contributed by atoms with E-state index in [4.69, 9.17) is 4.42 Å². The Labute approximate surface area is 124 Å². The molecule has 4 heteroatoms. The Bertz CT molecular complexity index is 734. The van der Waals surface area contributed by atoms with Crippen LogP contribution in [0, 0.1) is 0 Å². The minimum atomic E-state index is -1.57. The molecule has 21 heavy (non-hydrogen) atoms. The van der Waals surface area contributed by atoms with Crippen LogP contribution in [0.25, 0.3) is 11.0 Å². The maximum Gasteiger partial charge on any atom is 0.526 e. The van der Waals surface area contributed by atoms with Gasteiger partial charge in [-0.1, -0.05) is 43.3 Å². The van der Waals surface area contributed by atoms with Gasteiger partial charge in [-0.15, -0.1) is 0 Å². The molecule has 0 aliphatic heterocycles. The summed E-state index contributed by atoms with van der Waals surface area (Å²) in [6.07, 6.45) is 1.00. The molecule has 1 heterocycles. The van der Waals surface area contributed by atoms with Crippen LogP contribution in [0.3, 0.4) is 0 Å². The van der Waals surface area contributed by atoms with Gasteiger partial charge in [-0.25, -0.2) is 0 Å². The molecule has 0 bridgehead atoms. The first kappa shape index (κ1) is 13.9. The SMILES string of the molecule is CCC(c1ccccc1)c1ccc2oc(B(O)O)cc2c1. The molecule has 1 atom stereocenters. The van der Waals surface area contributed by atoms with Crippen LogP contribution in [-0.2, 0) is 0 Å². The number of rotatable bonds is 4. The predicted octanol–water partition coefficient (Wildman–Crippen LogP) is 2.65. The van der Waals surface area contributed by atoms with Gasteiger partial charge in [0.05, 0.1) is 0 Å². The molecule has 3 nitrogen and oxygen atoms in total. The highest BCUT2D eigenvalue weighted by molar-refractivity contribution is 6.57. The van der Waals surface area contributed by atoms with E-state index in [1.165, 1.54) is 11.1 Å². The Kier molecular flexibility index (Phi) is 3.82. The van der Waals surface area contributed by atoms with Crippen molar-refractivity contribution in [2.75, 3.05) is 0 Å². The van der Waals surface area contributed by atoms with Crippen molar-refractivity contribution in [3.05, 3.63) is 65.7 Å². The van der Waals surface area contributed by atoms with Crippen LogP contribution < -0.4 is 5.66 Å². The molecule has 0 aliphatic rings. The molecule has 2 N–H and O–H groups in total. The molecule has 3 aromatic rings. The topological polar surface area (TPSA) is 53.6 Å². The van der Waals surface area contributed by atoms with Crippen LogP contribution >= 0.6 is 0 Å². The van der Waals surface area contributed by atoms with E-state index in [-0.39, 0.29) is 5.66 Å². The standard InChI is InChI=1S/C17H17BO3/c1-2-15(12-6-4-3-5-7-12)13-8-9-16-14(10-13)11-17(21-16)18(19)20/h3-11,15,19-20H,2H2,1H3. The zero-order chi connectivity index (χ0) is 14.8. The van der Waals surface area contributed by atoms with Crippen LogP contribution in [-0.4, -0.2) is 17.2 Å². The minimum absolute atomic E-state index is 0.176. The third kappa shape index (κ3) is 2.73. The lowest BCUT2D eigenvalue weighted by Gasteiger charge is -2.15. The lowest BCUT2D eigenvalue weighted by Crippen LogP contribution is -2.27. The molecule has 0 radical (unpaired) electrons. The van der Waals surface area contributed by atoms with E-state index in [9.17, 15) is 10.0 Å². The molecule has 106 valence electrons. The molecule has 0 spiro atoms. The van der Waals surface area contributed by atoms with Gasteiger partial charge in [-0.3, -0.25) is 0 Å². The summed E-state index contributed by atoms with van der Waals surface area (Å²) in [6.45, 7) is 2.17. The first-order valence-corrected chi connectivity index (χ1v) is 7.13. The van der Waals surface area contributed by atoms with Crippen molar-refractivity contribution in [2.24, 2.45) is 0 Å². The molecule has 3 rings (SSSR count). The minimum Gasteiger partial charge on any atom is -0.465 e. The average molecular weight is 280 g/mol. The van der Waals surface area contributed by atoms with E-state index >= 15 is 0 Å². The second-order valence-electron chi connectivity index (χ2n) is 5.19. The zero-order valence-corrected chi connectivity index (χ0v) is 11.9. The molecule has 2 aromatic carbocycles. The Hall–Kier alpha value is -2.04. The average Bonchev–Trinajstić information content (AvgIpc) is 2.93. The van der Waals surface area contributed by atoms with E-state index in [0.717, 1.165) is 11.8 Å². The van der Waals surface area contributed by atoms with Gasteiger partial charge in [0.2, 0.25) is 0 Å². The molecular weight excluding hydrogens is 263 g/mol. The first-order valence-electron chi connectivity index (χ1n) is 7.13. The van der Waals surface area contributed by atoms with Gasteiger partial charge >= 0.3 is 7.12 Å². The number of hydrogen-bond acceptors (Lipinski definition) is 3. The Morgan fingerprint density at radius 2 is 1.76 bits per heavy atom. The highest BCUT2D eigenvalue weighted by atomic mass is 16.4. The summed E-state index contributed by atoms with van der Waals surface area (Å²) in [5.74, 6) is 0.327. The number of hydrogen-bond donors (Lipinski definition) is 2. The molecule has 1 aromatic heterocycles. The molecule has 0 amide bonds. The van der Waals surface area contributed by atoms with Gasteiger partial charge in [0, 0.05) is 11.3 Å². The quantitative estimate of drug-likeness (QED) is 0.722. The Morgan fingerprint density at radius 1 is 1.00 bits per heavy atom. The van der Waals surface area contributed by atoms with Crippen molar-refractivity contribution in [3.8, 4) is 0 Å². The Balaban J connectivity index is 2.03. The highest BCUT2D eigenvalue weighted by Crippen LogP contribution is 2.30. The molecule has 0 fully saturated rings. The second-order valence-corrected chi connectivity index (χ2v) is 5.19. The van der Waals surface area contributed by atoms with Crippen molar-refractivity contribution < 1.29 is 14.5 Å². The van der Waals surface area contributed by atoms with Crippen LogP contribution in [0.1, 0.15) is 30.4 Å². The van der Waals surface area contributed by atoms with Crippen molar-refractivity contribution in [2.45, 2.75) is 19.3 Å². The van der Waals surface area contributed by atoms with Crippen molar-refractivity contribution in [3.63, 3.8) is 0 Å². The molecule has 0 aliphatic carbocycles. The summed E-state index contributed by atoms with van der Waals surface area (Å²) < 4.78 is 5.40. The summed E-state index contributed by atoms with van der Waals surface area (Å²) in [4.78, 5) is 0. The van der Waals surface area contributed by atoms with Gasteiger partial charge in [0.1, 0.15) is 11.2 Å². The van der Waals surface area contributed by atoms with Gasteiger partial charge < -0.3 is 14.5 Å². The zero-order valence-electron chi connectivity index (χ0n) is 11.9. The highest BCUT2D eigenvalue weighted by Gasteiger charge is 2.18. The Morgan fingerprint density at radius 3 is 2.43 bits per heavy atom. The van der Waals surface area contributed by atoms with Crippen LogP contribution in [0.2, 0.25) is 0 Å². The van der Waals surface area contributed by atoms with E-state index in [2.05, 4.69) is 37.3 Å². The van der Waals surface area contributed by atoms with E-state index < -0.39 is 7.12 Å². The maximum absolute atomic E-state index is 9.19. The number of furan rings is 1. The van der Waals surface area contributed by atoms with E-state index in [1.807, 2.05) is 18.2 Å². The number of benzene rings is 2. The monoisotopic (exact) mass is 280 g/mol. The summed E-state index contributed by atoms with van der Waals surface area (Å²) in [7, 11) is -1.57. The molecule has 0 saturated carbocycles. The van der Waals surface area contributed by atoms with Crippen molar-refractivity contribution >= 4 is 23.7 Å². The third-order valence-corrected chi connectivity index (χ3v) is 3.83. The van der Waals surface area contributed by atoms with E-state index in [0.29, 0.717) is 11.5 Å². The fourth-order valence-electron chi connectivity index (χ4n) is 2.78. The lowest BCUT2D eigenvalue weighted by atomic mass is 9.87. The lowest BCUT2D eigenvalue weighted by molar-refractivity contribution is 0.412. The summed E-state index contributed by atoms with van der Waals surface area (Å²) in [6, 6.07) is 18.1. The van der Waals surface area contributed by atoms with Gasteiger partial charge in [-0.05, 0) is 35.7 Å². The maximum atomic E-state index is 9.19. The van der Waals surface area contributed by atoms with Gasteiger partial charge in [0.15, 0.2) is 0 Å². The van der Waals surface area contributed by atoms with Crippen LogP contribution in [0.15, 0.2) is 59.0 Å². The van der Waals surface area contributed by atoms with Gasteiger partial charge in [-0.2, -0.15) is 0 Å². The fourth-order valence-corrected chi connectivity index (χ4v) is 2.78. The first-order chi connectivity index (χ1) is 10.2. The summed E-state index contributed by atoms with van der Waals surface area (Å²) in [5.41, 5.74) is 3.33. The largest absolute Gasteiger partial charge is 0.526 e. The summed E-state index contributed by atoms with van der Waals surface area (Å²) >= 11 is 0. The smallest absolute Gasteiger partial charge is 0.465 e. The third-order valence-electron chi connectivity index (χ3n) is 3.83. The number of fused-ring (bicyclic) bond motifs is 1.